The molecule has 0 N–H and O–H groups in total. The average Bonchev–Trinajstić information content (AvgIpc) is 2.60. The molecule has 0 fully saturated rings. The van der Waals surface area contributed by atoms with E-state index in [4.69, 9.17) is 4.74 Å². The highest BCUT2D eigenvalue weighted by Crippen LogP contribution is 2.20. The van der Waals surface area contributed by atoms with E-state index in [9.17, 15) is 9.59 Å². The Hall–Kier alpha value is -2.82. The zero-order chi connectivity index (χ0) is 16.1. The van der Waals surface area contributed by atoms with Gasteiger partial charge in [0.1, 0.15) is 5.75 Å². The lowest BCUT2D eigenvalue weighted by Gasteiger charge is -2.17. The molecule has 0 aromatic heterocycles. The Kier molecular flexibility index (Phi) is 4.78. The normalized spacial score (nSPS) is 9.95. The first-order valence-corrected chi connectivity index (χ1v) is 6.67. The Morgan fingerprint density at radius 1 is 0.864 bits per heavy atom. The van der Waals surface area contributed by atoms with Crippen molar-refractivity contribution in [1.82, 2.24) is 0 Å². The lowest BCUT2D eigenvalue weighted by atomic mass is 10.1. The van der Waals surface area contributed by atoms with Crippen LogP contribution >= 0.6 is 0 Å². The third-order valence-corrected chi connectivity index (χ3v) is 3.32. The summed E-state index contributed by atoms with van der Waals surface area (Å²) < 4.78 is 9.72. The highest BCUT2D eigenvalue weighted by Gasteiger charge is 2.14. The van der Waals surface area contributed by atoms with E-state index in [1.165, 1.54) is 12.0 Å². The quantitative estimate of drug-likeness (QED) is 0.815. The van der Waals surface area contributed by atoms with Crippen LogP contribution in [0.5, 0.6) is 5.75 Å². The van der Waals surface area contributed by atoms with Gasteiger partial charge in [0.2, 0.25) is 0 Å². The first-order chi connectivity index (χ1) is 10.6. The molecule has 0 saturated carbocycles. The maximum absolute atomic E-state index is 12.4. The minimum atomic E-state index is -0.428. The van der Waals surface area contributed by atoms with Crippen molar-refractivity contribution in [2.45, 2.75) is 0 Å². The molecule has 0 radical (unpaired) electrons. The summed E-state index contributed by atoms with van der Waals surface area (Å²) in [5, 5.41) is 0. The first-order valence-electron chi connectivity index (χ1n) is 6.67. The Labute approximate surface area is 129 Å². The second-order valence-electron chi connectivity index (χ2n) is 4.63. The molecule has 0 bridgehead atoms. The van der Waals surface area contributed by atoms with Gasteiger partial charge in [-0.15, -0.1) is 0 Å². The fraction of sp³-hybridized carbons (Fsp3) is 0.176. The summed E-state index contributed by atoms with van der Waals surface area (Å²) in [5.41, 5.74) is 1.65. The summed E-state index contributed by atoms with van der Waals surface area (Å²) in [6.07, 6.45) is 0. The zero-order valence-corrected chi connectivity index (χ0v) is 12.7. The molecule has 22 heavy (non-hydrogen) atoms. The van der Waals surface area contributed by atoms with Gasteiger partial charge >= 0.3 is 5.97 Å². The number of carbonyl (C=O) groups is 2. The minimum absolute atomic E-state index is 0.165. The molecule has 2 aromatic rings. The fourth-order valence-corrected chi connectivity index (χ4v) is 1.98. The maximum atomic E-state index is 12.4. The molecule has 0 spiro atoms. The number of rotatable bonds is 4. The fourth-order valence-electron chi connectivity index (χ4n) is 1.98. The van der Waals surface area contributed by atoms with Crippen LogP contribution in [-0.2, 0) is 4.74 Å². The Balaban J connectivity index is 2.17. The molecule has 0 aliphatic heterocycles. The molecule has 1 amide bonds. The molecule has 0 aliphatic carbocycles. The molecule has 0 heterocycles. The van der Waals surface area contributed by atoms with Gasteiger partial charge < -0.3 is 14.4 Å². The molecule has 114 valence electrons. The van der Waals surface area contributed by atoms with Crippen LogP contribution in [0.2, 0.25) is 0 Å². The minimum Gasteiger partial charge on any atom is -0.497 e. The van der Waals surface area contributed by atoms with Gasteiger partial charge in [-0.3, -0.25) is 4.79 Å². The smallest absolute Gasteiger partial charge is 0.337 e. The van der Waals surface area contributed by atoms with Crippen molar-refractivity contribution < 1.29 is 19.1 Å². The number of amides is 1. The largest absolute Gasteiger partial charge is 0.497 e. The van der Waals surface area contributed by atoms with Crippen LogP contribution in [0.25, 0.3) is 0 Å². The van der Waals surface area contributed by atoms with Crippen LogP contribution in [0.15, 0.2) is 48.5 Å². The summed E-state index contributed by atoms with van der Waals surface area (Å²) in [7, 11) is 4.60. The van der Waals surface area contributed by atoms with Crippen molar-refractivity contribution in [1.29, 1.82) is 0 Å². The molecular weight excluding hydrogens is 282 g/mol. The molecule has 0 saturated heterocycles. The van der Waals surface area contributed by atoms with E-state index in [0.717, 1.165) is 11.4 Å². The highest BCUT2D eigenvalue weighted by atomic mass is 16.5. The lowest BCUT2D eigenvalue weighted by molar-refractivity contribution is 0.0600. The van der Waals surface area contributed by atoms with E-state index in [1.54, 1.807) is 62.7 Å². The number of hydrogen-bond donors (Lipinski definition) is 0. The van der Waals surface area contributed by atoms with Crippen molar-refractivity contribution in [2.24, 2.45) is 0 Å². The third-order valence-electron chi connectivity index (χ3n) is 3.32. The van der Waals surface area contributed by atoms with Crippen molar-refractivity contribution in [2.75, 3.05) is 26.2 Å². The van der Waals surface area contributed by atoms with E-state index < -0.39 is 5.97 Å². The summed E-state index contributed by atoms with van der Waals surface area (Å²) in [4.78, 5) is 25.3. The van der Waals surface area contributed by atoms with Gasteiger partial charge in [-0.05, 0) is 48.5 Å². The number of ether oxygens (including phenoxy) is 2. The molecule has 5 nitrogen and oxygen atoms in total. The van der Waals surface area contributed by atoms with E-state index >= 15 is 0 Å². The number of hydrogen-bond acceptors (Lipinski definition) is 4. The van der Waals surface area contributed by atoms with Crippen LogP contribution in [0, 0.1) is 0 Å². The Morgan fingerprint density at radius 2 is 1.41 bits per heavy atom. The predicted molar refractivity (Wildman–Crippen MR) is 83.5 cm³/mol. The summed E-state index contributed by atoms with van der Waals surface area (Å²) in [5.74, 6) is 0.135. The molecule has 5 heteroatoms. The zero-order valence-electron chi connectivity index (χ0n) is 12.7. The first kappa shape index (κ1) is 15.6. The number of carbonyl (C=O) groups excluding carboxylic acids is 2. The maximum Gasteiger partial charge on any atom is 0.337 e. The van der Waals surface area contributed by atoms with Gasteiger partial charge in [-0.2, -0.15) is 0 Å². The van der Waals surface area contributed by atoms with Crippen LogP contribution in [0.3, 0.4) is 0 Å². The van der Waals surface area contributed by atoms with Gasteiger partial charge in [0, 0.05) is 18.3 Å². The molecule has 2 rings (SSSR count). The highest BCUT2D eigenvalue weighted by molar-refractivity contribution is 6.06. The number of esters is 1. The number of methoxy groups -OCH3 is 2. The van der Waals surface area contributed by atoms with Crippen LogP contribution in [-0.4, -0.2) is 33.1 Å². The van der Waals surface area contributed by atoms with Gasteiger partial charge in [0.25, 0.3) is 5.91 Å². The predicted octanol–water partition coefficient (Wildman–Crippen LogP) is 2.76. The standard InChI is InChI=1S/C17H17NO4/c1-18(14-8-10-15(21-2)11-9-14)16(19)12-4-6-13(7-5-12)17(20)22-3/h4-11H,1-3H3. The third kappa shape index (κ3) is 3.25. The molecule has 2 aromatic carbocycles. The van der Waals surface area contributed by atoms with Gasteiger partial charge in [-0.25, -0.2) is 4.79 Å². The molecule has 0 atom stereocenters. The number of benzene rings is 2. The summed E-state index contributed by atoms with van der Waals surface area (Å²) >= 11 is 0. The Morgan fingerprint density at radius 3 is 1.91 bits per heavy atom. The monoisotopic (exact) mass is 299 g/mol. The average molecular weight is 299 g/mol. The van der Waals surface area contributed by atoms with E-state index in [-0.39, 0.29) is 5.91 Å². The lowest BCUT2D eigenvalue weighted by Crippen LogP contribution is -2.26. The molecular formula is C17H17NO4. The van der Waals surface area contributed by atoms with E-state index in [1.807, 2.05) is 0 Å². The number of nitrogens with zero attached hydrogens (tertiary/aromatic N) is 1. The van der Waals surface area contributed by atoms with Gasteiger partial charge in [0.15, 0.2) is 0 Å². The van der Waals surface area contributed by atoms with Crippen molar-refractivity contribution in [3.05, 3.63) is 59.7 Å². The summed E-state index contributed by atoms with van der Waals surface area (Å²) in [6.45, 7) is 0. The van der Waals surface area contributed by atoms with E-state index in [0.29, 0.717) is 11.1 Å². The topological polar surface area (TPSA) is 55.8 Å². The number of anilines is 1. The van der Waals surface area contributed by atoms with Crippen molar-refractivity contribution >= 4 is 17.6 Å². The Bertz CT molecular complexity index is 662. The molecule has 0 unspecified atom stereocenters. The second kappa shape index (κ2) is 6.76. The van der Waals surface area contributed by atoms with Gasteiger partial charge in [0.05, 0.1) is 19.8 Å². The van der Waals surface area contributed by atoms with Crippen LogP contribution < -0.4 is 9.64 Å². The molecule has 0 aliphatic rings. The van der Waals surface area contributed by atoms with E-state index in [2.05, 4.69) is 4.74 Å². The second-order valence-corrected chi connectivity index (χ2v) is 4.63. The van der Waals surface area contributed by atoms with Crippen LogP contribution in [0.1, 0.15) is 20.7 Å². The summed E-state index contributed by atoms with van der Waals surface area (Å²) in [6, 6.07) is 13.5. The van der Waals surface area contributed by atoms with Crippen molar-refractivity contribution in [3.8, 4) is 5.75 Å². The van der Waals surface area contributed by atoms with Crippen LogP contribution in [0.4, 0.5) is 5.69 Å². The SMILES string of the molecule is COC(=O)c1ccc(C(=O)N(C)c2ccc(OC)cc2)cc1. The van der Waals surface area contributed by atoms with Crippen molar-refractivity contribution in [3.63, 3.8) is 0 Å². The van der Waals surface area contributed by atoms with Gasteiger partial charge in [-0.1, -0.05) is 0 Å².